The van der Waals surface area contributed by atoms with E-state index in [9.17, 15) is 19.7 Å². The summed E-state index contributed by atoms with van der Waals surface area (Å²) in [6.07, 6.45) is 0. The molecule has 0 aliphatic heterocycles. The molecule has 0 saturated carbocycles. The number of likely N-dealkylation sites (N-methyl/N-ethyl adjacent to an activating group) is 1. The van der Waals surface area contributed by atoms with Gasteiger partial charge < -0.3 is 14.4 Å². The Morgan fingerprint density at radius 3 is 2.50 bits per heavy atom. The smallest absolute Gasteiger partial charge is 0.344 e. The molecule has 0 N–H and O–H groups in total. The average Bonchev–Trinajstić information content (AvgIpc) is 2.66. The topological polar surface area (TPSA) is 99.0 Å². The lowest BCUT2D eigenvalue weighted by atomic mass is 10.1. The number of ether oxygens (including phenoxy) is 2. The van der Waals surface area contributed by atoms with Crippen LogP contribution in [0.5, 0.6) is 5.75 Å². The van der Waals surface area contributed by atoms with Gasteiger partial charge in [0.2, 0.25) is 0 Å². The fourth-order valence-electron chi connectivity index (χ4n) is 2.53. The van der Waals surface area contributed by atoms with E-state index in [-0.39, 0.29) is 17.3 Å². The lowest BCUT2D eigenvalue weighted by Crippen LogP contribution is -2.31. The van der Waals surface area contributed by atoms with Crippen LogP contribution in [0.25, 0.3) is 0 Å². The number of benzene rings is 2. The van der Waals surface area contributed by atoms with Crippen molar-refractivity contribution >= 4 is 17.6 Å². The Hall–Kier alpha value is -3.42. The molecule has 28 heavy (non-hydrogen) atoms. The van der Waals surface area contributed by atoms with E-state index in [2.05, 4.69) is 0 Å². The highest BCUT2D eigenvalue weighted by atomic mass is 16.6. The number of para-hydroxylation sites is 2. The van der Waals surface area contributed by atoms with Crippen LogP contribution in [0.1, 0.15) is 16.7 Å². The summed E-state index contributed by atoms with van der Waals surface area (Å²) in [6, 6.07) is 11.7. The number of nitro groups is 1. The maximum absolute atomic E-state index is 12.2. The van der Waals surface area contributed by atoms with Crippen molar-refractivity contribution in [1.82, 2.24) is 4.90 Å². The molecule has 0 unspecified atom stereocenters. The highest BCUT2D eigenvalue weighted by Crippen LogP contribution is 2.25. The third-order valence-electron chi connectivity index (χ3n) is 4.10. The van der Waals surface area contributed by atoms with E-state index < -0.39 is 24.1 Å². The van der Waals surface area contributed by atoms with Gasteiger partial charge in [-0.05, 0) is 31.0 Å². The van der Waals surface area contributed by atoms with Gasteiger partial charge in [0.05, 0.1) is 4.92 Å². The predicted octanol–water partition coefficient (Wildman–Crippen LogP) is 2.79. The molecule has 0 atom stereocenters. The number of nitro benzene ring substituents is 1. The number of hydrogen-bond acceptors (Lipinski definition) is 6. The molecular weight excluding hydrogens is 364 g/mol. The van der Waals surface area contributed by atoms with Crippen molar-refractivity contribution in [3.8, 4) is 5.75 Å². The van der Waals surface area contributed by atoms with Gasteiger partial charge in [-0.25, -0.2) is 4.79 Å². The molecule has 148 valence electrons. The first kappa shape index (κ1) is 20.9. The fraction of sp³-hybridized carbons (Fsp3) is 0.300. The Morgan fingerprint density at radius 1 is 1.11 bits per heavy atom. The lowest BCUT2D eigenvalue weighted by molar-refractivity contribution is -0.385. The summed E-state index contributed by atoms with van der Waals surface area (Å²) < 4.78 is 10.0. The Balaban J connectivity index is 1.82. The normalized spacial score (nSPS) is 10.2. The van der Waals surface area contributed by atoms with Crippen LogP contribution in [0.3, 0.4) is 0 Å². The van der Waals surface area contributed by atoms with E-state index >= 15 is 0 Å². The monoisotopic (exact) mass is 386 g/mol. The Kier molecular flexibility index (Phi) is 7.08. The van der Waals surface area contributed by atoms with Crippen molar-refractivity contribution in [2.24, 2.45) is 0 Å². The van der Waals surface area contributed by atoms with E-state index in [4.69, 9.17) is 9.47 Å². The molecule has 0 heterocycles. The van der Waals surface area contributed by atoms with E-state index in [0.717, 1.165) is 16.7 Å². The quantitative estimate of drug-likeness (QED) is 0.393. The zero-order chi connectivity index (χ0) is 20.7. The standard InChI is InChI=1S/C20H22N2O6/c1-14-8-9-16(15(2)10-14)11-21(3)19(23)12-28-20(24)13-27-18-7-5-4-6-17(18)22(25)26/h4-10H,11-13H2,1-3H3. The van der Waals surface area contributed by atoms with Crippen LogP contribution in [0.4, 0.5) is 5.69 Å². The molecule has 0 aliphatic carbocycles. The summed E-state index contributed by atoms with van der Waals surface area (Å²) in [5.41, 5.74) is 2.98. The zero-order valence-electron chi connectivity index (χ0n) is 16.0. The first-order chi connectivity index (χ1) is 13.3. The number of hydrogen-bond donors (Lipinski definition) is 0. The molecule has 0 aromatic heterocycles. The Morgan fingerprint density at radius 2 is 1.82 bits per heavy atom. The predicted molar refractivity (Wildman–Crippen MR) is 102 cm³/mol. The number of rotatable bonds is 8. The molecule has 0 saturated heterocycles. The van der Waals surface area contributed by atoms with Crippen LogP contribution < -0.4 is 4.74 Å². The Bertz CT molecular complexity index is 881. The summed E-state index contributed by atoms with van der Waals surface area (Å²) >= 11 is 0. The van der Waals surface area contributed by atoms with Crippen molar-refractivity contribution in [3.63, 3.8) is 0 Å². The van der Waals surface area contributed by atoms with Crippen molar-refractivity contribution in [1.29, 1.82) is 0 Å². The first-order valence-electron chi connectivity index (χ1n) is 8.60. The minimum atomic E-state index is -0.786. The number of carbonyl (C=O) groups is 2. The third kappa shape index (κ3) is 5.80. The minimum absolute atomic E-state index is 0.0391. The summed E-state index contributed by atoms with van der Waals surface area (Å²) in [4.78, 5) is 35.7. The Labute approximate surface area is 162 Å². The zero-order valence-corrected chi connectivity index (χ0v) is 16.0. The molecule has 0 bridgehead atoms. The molecule has 8 nitrogen and oxygen atoms in total. The largest absolute Gasteiger partial charge is 0.475 e. The van der Waals surface area contributed by atoms with Crippen molar-refractivity contribution in [2.45, 2.75) is 20.4 Å². The molecule has 2 rings (SSSR count). The van der Waals surface area contributed by atoms with Crippen LogP contribution >= 0.6 is 0 Å². The van der Waals surface area contributed by atoms with Crippen molar-refractivity contribution in [3.05, 3.63) is 69.3 Å². The second kappa shape index (κ2) is 9.50. The summed E-state index contributed by atoms with van der Waals surface area (Å²) in [5.74, 6) is -1.19. The molecule has 2 aromatic rings. The second-order valence-corrected chi connectivity index (χ2v) is 6.35. The molecule has 0 radical (unpaired) electrons. The van der Waals surface area contributed by atoms with Crippen LogP contribution in [0, 0.1) is 24.0 Å². The fourth-order valence-corrected chi connectivity index (χ4v) is 2.53. The summed E-state index contributed by atoms with van der Waals surface area (Å²) in [5, 5.41) is 10.9. The maximum atomic E-state index is 12.2. The number of aryl methyl sites for hydroxylation is 2. The van der Waals surface area contributed by atoms with E-state index in [1.165, 1.54) is 23.1 Å². The number of nitrogens with zero attached hydrogens (tertiary/aromatic N) is 2. The molecule has 0 fully saturated rings. The van der Waals surface area contributed by atoms with Crippen molar-refractivity contribution in [2.75, 3.05) is 20.3 Å². The van der Waals surface area contributed by atoms with Crippen LogP contribution in [-0.4, -0.2) is 42.0 Å². The SMILES string of the molecule is Cc1ccc(CN(C)C(=O)COC(=O)COc2ccccc2[N+](=O)[O-])c(C)c1. The maximum Gasteiger partial charge on any atom is 0.344 e. The average molecular weight is 386 g/mol. The molecule has 8 heteroatoms. The van der Waals surface area contributed by atoms with Gasteiger partial charge in [0.25, 0.3) is 5.91 Å². The van der Waals surface area contributed by atoms with Gasteiger partial charge in [-0.3, -0.25) is 14.9 Å². The van der Waals surface area contributed by atoms with Crippen LogP contribution in [0.15, 0.2) is 42.5 Å². The molecular formula is C20H22N2O6. The highest BCUT2D eigenvalue weighted by molar-refractivity contribution is 5.81. The number of amides is 1. The van der Waals surface area contributed by atoms with Gasteiger partial charge in [0.15, 0.2) is 19.0 Å². The van der Waals surface area contributed by atoms with Gasteiger partial charge >= 0.3 is 11.7 Å². The van der Waals surface area contributed by atoms with Gasteiger partial charge in [-0.2, -0.15) is 0 Å². The van der Waals surface area contributed by atoms with Crippen molar-refractivity contribution < 1.29 is 24.0 Å². The lowest BCUT2D eigenvalue weighted by Gasteiger charge is -2.18. The van der Waals surface area contributed by atoms with E-state index in [1.807, 2.05) is 32.0 Å². The number of carbonyl (C=O) groups excluding carboxylic acids is 2. The highest BCUT2D eigenvalue weighted by Gasteiger charge is 2.17. The van der Waals surface area contributed by atoms with Gasteiger partial charge in [0, 0.05) is 19.7 Å². The van der Waals surface area contributed by atoms with Gasteiger partial charge in [-0.1, -0.05) is 35.9 Å². The van der Waals surface area contributed by atoms with E-state index in [1.54, 1.807) is 13.1 Å². The minimum Gasteiger partial charge on any atom is -0.475 e. The first-order valence-corrected chi connectivity index (χ1v) is 8.60. The summed E-state index contributed by atoms with van der Waals surface area (Å²) in [7, 11) is 1.62. The summed E-state index contributed by atoms with van der Waals surface area (Å²) in [6.45, 7) is 3.41. The molecule has 2 aromatic carbocycles. The van der Waals surface area contributed by atoms with Crippen LogP contribution in [0.2, 0.25) is 0 Å². The van der Waals surface area contributed by atoms with Gasteiger partial charge in [-0.15, -0.1) is 0 Å². The molecule has 1 amide bonds. The van der Waals surface area contributed by atoms with Crippen LogP contribution in [-0.2, 0) is 20.9 Å². The third-order valence-corrected chi connectivity index (χ3v) is 4.10. The second-order valence-electron chi connectivity index (χ2n) is 6.35. The van der Waals surface area contributed by atoms with Gasteiger partial charge in [0.1, 0.15) is 0 Å². The molecule has 0 aliphatic rings. The number of esters is 1. The molecule has 0 spiro atoms. The van der Waals surface area contributed by atoms with E-state index in [0.29, 0.717) is 6.54 Å².